The highest BCUT2D eigenvalue weighted by Crippen LogP contribution is 2.18. The number of benzene rings is 1. The molecule has 16 heavy (non-hydrogen) atoms. The van der Waals surface area contributed by atoms with Crippen LogP contribution < -0.4 is 5.73 Å². The molecule has 0 fully saturated rings. The number of hydrogen-bond acceptors (Lipinski definition) is 2. The molecular weight excluding hydrogens is 214 g/mol. The topological polar surface area (TPSA) is 26.0 Å². The summed E-state index contributed by atoms with van der Waals surface area (Å²) in [6.07, 6.45) is 4.33. The predicted octanol–water partition coefficient (Wildman–Crippen LogP) is 3.64. The van der Waals surface area contributed by atoms with Crippen LogP contribution in [0.15, 0.2) is 24.3 Å². The van der Waals surface area contributed by atoms with Gasteiger partial charge in [0.05, 0.1) is 0 Å². The summed E-state index contributed by atoms with van der Waals surface area (Å²) in [6.45, 7) is 4.50. The molecule has 0 aromatic heterocycles. The van der Waals surface area contributed by atoms with E-state index >= 15 is 0 Å². The van der Waals surface area contributed by atoms with Gasteiger partial charge in [0.1, 0.15) is 0 Å². The summed E-state index contributed by atoms with van der Waals surface area (Å²) in [6, 6.07) is 8.94. The zero-order valence-electron chi connectivity index (χ0n) is 10.6. The first-order valence-corrected chi connectivity index (χ1v) is 7.36. The van der Waals surface area contributed by atoms with E-state index in [1.807, 2.05) is 11.8 Å². The highest BCUT2D eigenvalue weighted by Gasteiger charge is 2.06. The fourth-order valence-corrected chi connectivity index (χ4v) is 2.32. The van der Waals surface area contributed by atoms with E-state index in [9.17, 15) is 0 Å². The SMILES string of the molecule is CSCCC(N)c1cccc(CC(C)C)c1. The molecule has 0 aliphatic rings. The van der Waals surface area contributed by atoms with Gasteiger partial charge in [-0.1, -0.05) is 38.1 Å². The molecule has 1 aromatic carbocycles. The van der Waals surface area contributed by atoms with Crippen molar-refractivity contribution < 1.29 is 0 Å². The minimum absolute atomic E-state index is 0.194. The third-order valence-electron chi connectivity index (χ3n) is 2.66. The lowest BCUT2D eigenvalue weighted by molar-refractivity contribution is 0.643. The van der Waals surface area contributed by atoms with Gasteiger partial charge in [-0.05, 0) is 41.9 Å². The summed E-state index contributed by atoms with van der Waals surface area (Å²) < 4.78 is 0. The maximum atomic E-state index is 6.17. The maximum Gasteiger partial charge on any atom is 0.0302 e. The Morgan fingerprint density at radius 3 is 2.69 bits per heavy atom. The molecule has 1 rings (SSSR count). The lowest BCUT2D eigenvalue weighted by Crippen LogP contribution is -2.11. The van der Waals surface area contributed by atoms with Crippen molar-refractivity contribution in [3.05, 3.63) is 35.4 Å². The van der Waals surface area contributed by atoms with Crippen molar-refractivity contribution in [3.8, 4) is 0 Å². The molecule has 1 aromatic rings. The minimum Gasteiger partial charge on any atom is -0.324 e. The van der Waals surface area contributed by atoms with E-state index in [4.69, 9.17) is 5.73 Å². The van der Waals surface area contributed by atoms with Crippen molar-refractivity contribution in [2.24, 2.45) is 11.7 Å². The molecule has 1 unspecified atom stereocenters. The van der Waals surface area contributed by atoms with Gasteiger partial charge in [-0.3, -0.25) is 0 Å². The molecule has 2 heteroatoms. The lowest BCUT2D eigenvalue weighted by atomic mass is 9.98. The molecule has 0 heterocycles. The van der Waals surface area contributed by atoms with E-state index in [-0.39, 0.29) is 6.04 Å². The second kappa shape index (κ2) is 6.97. The third kappa shape index (κ3) is 4.58. The Morgan fingerprint density at radius 2 is 2.06 bits per heavy atom. The van der Waals surface area contributed by atoms with Gasteiger partial charge in [-0.15, -0.1) is 0 Å². The summed E-state index contributed by atoms with van der Waals surface area (Å²) in [5, 5.41) is 0. The molecule has 0 saturated heterocycles. The largest absolute Gasteiger partial charge is 0.324 e. The molecule has 90 valence electrons. The van der Waals surface area contributed by atoms with Crippen molar-refractivity contribution in [1.29, 1.82) is 0 Å². The Morgan fingerprint density at radius 1 is 1.31 bits per heavy atom. The summed E-state index contributed by atoms with van der Waals surface area (Å²) in [4.78, 5) is 0. The van der Waals surface area contributed by atoms with Crippen molar-refractivity contribution in [2.45, 2.75) is 32.7 Å². The van der Waals surface area contributed by atoms with Gasteiger partial charge in [0, 0.05) is 6.04 Å². The minimum atomic E-state index is 0.194. The average molecular weight is 237 g/mol. The standard InChI is InChI=1S/C14H23NS/c1-11(2)9-12-5-4-6-13(10-12)14(15)7-8-16-3/h4-6,10-11,14H,7-9,15H2,1-3H3. The van der Waals surface area contributed by atoms with E-state index < -0.39 is 0 Å². The second-order valence-electron chi connectivity index (χ2n) is 4.73. The van der Waals surface area contributed by atoms with Gasteiger partial charge in [0.15, 0.2) is 0 Å². The van der Waals surface area contributed by atoms with Crippen molar-refractivity contribution in [2.75, 3.05) is 12.0 Å². The Kier molecular flexibility index (Phi) is 5.93. The van der Waals surface area contributed by atoms with Crippen LogP contribution in [-0.4, -0.2) is 12.0 Å². The Balaban J connectivity index is 2.65. The first-order chi connectivity index (χ1) is 7.63. The van der Waals surface area contributed by atoms with Gasteiger partial charge in [0.25, 0.3) is 0 Å². The number of hydrogen-bond donors (Lipinski definition) is 1. The first kappa shape index (κ1) is 13.6. The van der Waals surface area contributed by atoms with E-state index in [0.717, 1.165) is 18.6 Å². The highest BCUT2D eigenvalue weighted by molar-refractivity contribution is 7.98. The summed E-state index contributed by atoms with van der Waals surface area (Å²) in [5.74, 6) is 1.84. The Hall–Kier alpha value is -0.470. The fraction of sp³-hybridized carbons (Fsp3) is 0.571. The van der Waals surface area contributed by atoms with E-state index in [0.29, 0.717) is 5.92 Å². The van der Waals surface area contributed by atoms with E-state index in [1.54, 1.807) is 0 Å². The summed E-state index contributed by atoms with van der Waals surface area (Å²) >= 11 is 1.86. The van der Waals surface area contributed by atoms with Gasteiger partial charge in [-0.2, -0.15) is 11.8 Å². The predicted molar refractivity (Wildman–Crippen MR) is 74.9 cm³/mol. The van der Waals surface area contributed by atoms with Crippen LogP contribution in [0.4, 0.5) is 0 Å². The van der Waals surface area contributed by atoms with Crippen LogP contribution in [0.2, 0.25) is 0 Å². The van der Waals surface area contributed by atoms with Crippen LogP contribution in [0, 0.1) is 5.92 Å². The molecule has 1 atom stereocenters. The molecule has 0 radical (unpaired) electrons. The molecule has 0 aliphatic carbocycles. The Labute approximate surface area is 104 Å². The van der Waals surface area contributed by atoms with Gasteiger partial charge >= 0.3 is 0 Å². The van der Waals surface area contributed by atoms with Crippen LogP contribution in [-0.2, 0) is 6.42 Å². The van der Waals surface area contributed by atoms with Crippen LogP contribution in [0.5, 0.6) is 0 Å². The molecule has 0 saturated carbocycles. The Bertz CT molecular complexity index is 309. The third-order valence-corrected chi connectivity index (χ3v) is 3.30. The second-order valence-corrected chi connectivity index (χ2v) is 5.72. The smallest absolute Gasteiger partial charge is 0.0302 e. The van der Waals surface area contributed by atoms with E-state index in [1.165, 1.54) is 11.1 Å². The van der Waals surface area contributed by atoms with Gasteiger partial charge < -0.3 is 5.73 Å². The van der Waals surface area contributed by atoms with Crippen molar-refractivity contribution >= 4 is 11.8 Å². The maximum absolute atomic E-state index is 6.17. The van der Waals surface area contributed by atoms with Crippen molar-refractivity contribution in [3.63, 3.8) is 0 Å². The molecule has 0 amide bonds. The van der Waals surface area contributed by atoms with Crippen LogP contribution in [0.1, 0.15) is 37.4 Å². The average Bonchev–Trinajstić information content (AvgIpc) is 2.25. The summed E-state index contributed by atoms with van der Waals surface area (Å²) in [7, 11) is 0. The van der Waals surface area contributed by atoms with Gasteiger partial charge in [0.2, 0.25) is 0 Å². The zero-order chi connectivity index (χ0) is 12.0. The lowest BCUT2D eigenvalue weighted by Gasteiger charge is -2.13. The zero-order valence-corrected chi connectivity index (χ0v) is 11.4. The van der Waals surface area contributed by atoms with Crippen LogP contribution in [0.25, 0.3) is 0 Å². The number of rotatable bonds is 6. The number of thioether (sulfide) groups is 1. The molecule has 0 spiro atoms. The van der Waals surface area contributed by atoms with Crippen LogP contribution in [0.3, 0.4) is 0 Å². The summed E-state index contributed by atoms with van der Waals surface area (Å²) in [5.41, 5.74) is 8.86. The normalized spacial score (nSPS) is 13.1. The molecular formula is C14H23NS. The monoisotopic (exact) mass is 237 g/mol. The van der Waals surface area contributed by atoms with Crippen molar-refractivity contribution in [1.82, 2.24) is 0 Å². The fourth-order valence-electron chi connectivity index (χ4n) is 1.83. The number of nitrogens with two attached hydrogens (primary N) is 1. The van der Waals surface area contributed by atoms with Gasteiger partial charge in [-0.25, -0.2) is 0 Å². The van der Waals surface area contributed by atoms with E-state index in [2.05, 4.69) is 44.4 Å². The highest BCUT2D eigenvalue weighted by atomic mass is 32.2. The first-order valence-electron chi connectivity index (χ1n) is 5.97. The quantitative estimate of drug-likeness (QED) is 0.817. The molecule has 2 N–H and O–H groups in total. The molecule has 0 bridgehead atoms. The molecule has 1 nitrogen and oxygen atoms in total. The molecule has 0 aliphatic heterocycles. The van der Waals surface area contributed by atoms with Crippen LogP contribution >= 0.6 is 11.8 Å².